The van der Waals surface area contributed by atoms with Crippen molar-refractivity contribution in [3.8, 4) is 0 Å². The van der Waals surface area contributed by atoms with Crippen molar-refractivity contribution in [3.63, 3.8) is 0 Å². The molecule has 1 fully saturated rings. The number of carbonyl (C=O) groups is 1. The zero-order valence-electron chi connectivity index (χ0n) is 10.9. The maximum absolute atomic E-state index is 12.2. The third-order valence-electron chi connectivity index (χ3n) is 3.81. The Hall–Kier alpha value is -0.0900. The second-order valence-electron chi connectivity index (χ2n) is 4.94. The van der Waals surface area contributed by atoms with Gasteiger partial charge < -0.3 is 10.1 Å². The summed E-state index contributed by atoms with van der Waals surface area (Å²) in [6.45, 7) is 3.55. The molecule has 1 N–H and O–H groups in total. The highest BCUT2D eigenvalue weighted by atomic mass is 79.9. The van der Waals surface area contributed by atoms with Crippen LogP contribution in [0.2, 0.25) is 0 Å². The lowest BCUT2D eigenvalue weighted by Crippen LogP contribution is -2.39. The monoisotopic (exact) mass is 305 g/mol. The van der Waals surface area contributed by atoms with Gasteiger partial charge in [-0.05, 0) is 25.7 Å². The first-order chi connectivity index (χ1) is 8.14. The third-order valence-corrected chi connectivity index (χ3v) is 4.53. The summed E-state index contributed by atoms with van der Waals surface area (Å²) in [5.74, 6) is 0.259. The number of ether oxygens (including phenoxy) is 1. The Bertz CT molecular complexity index is 240. The van der Waals surface area contributed by atoms with Gasteiger partial charge in [-0.1, -0.05) is 35.7 Å². The molecule has 0 saturated heterocycles. The summed E-state index contributed by atoms with van der Waals surface area (Å²) in [4.78, 5) is 12.5. The maximum Gasteiger partial charge on any atom is 0.226 e. The first-order valence-corrected chi connectivity index (χ1v) is 7.47. The largest absolute Gasteiger partial charge is 0.384 e. The molecule has 0 bridgehead atoms. The van der Waals surface area contributed by atoms with E-state index in [1.165, 1.54) is 12.8 Å². The highest BCUT2D eigenvalue weighted by Crippen LogP contribution is 2.41. The topological polar surface area (TPSA) is 38.3 Å². The molecule has 1 aliphatic rings. The van der Waals surface area contributed by atoms with Crippen LogP contribution in [0.15, 0.2) is 0 Å². The van der Waals surface area contributed by atoms with Crippen LogP contribution in [0.1, 0.15) is 45.4 Å². The molecule has 1 amide bonds. The van der Waals surface area contributed by atoms with Crippen LogP contribution in [-0.4, -0.2) is 31.0 Å². The number of alkyl halides is 1. The van der Waals surface area contributed by atoms with Crippen LogP contribution in [-0.2, 0) is 9.53 Å². The minimum atomic E-state index is -0.0664. The van der Waals surface area contributed by atoms with Crippen molar-refractivity contribution in [3.05, 3.63) is 0 Å². The van der Waals surface area contributed by atoms with Gasteiger partial charge in [-0.2, -0.15) is 0 Å². The van der Waals surface area contributed by atoms with E-state index in [0.29, 0.717) is 11.4 Å². The Morgan fingerprint density at radius 2 is 2.12 bits per heavy atom. The number of nitrogens with one attached hydrogen (secondary N) is 1. The van der Waals surface area contributed by atoms with Gasteiger partial charge in [0.2, 0.25) is 5.91 Å². The van der Waals surface area contributed by atoms with Crippen molar-refractivity contribution >= 4 is 21.8 Å². The lowest BCUT2D eigenvalue weighted by molar-refractivity contribution is -0.131. The molecule has 0 radical (unpaired) electrons. The fraction of sp³-hybridized carbons (Fsp3) is 0.923. The van der Waals surface area contributed by atoms with Gasteiger partial charge in [0.1, 0.15) is 0 Å². The van der Waals surface area contributed by atoms with Gasteiger partial charge in [-0.3, -0.25) is 4.79 Å². The van der Waals surface area contributed by atoms with Crippen molar-refractivity contribution in [2.45, 2.75) is 50.3 Å². The normalized spacial score (nSPS) is 20.2. The zero-order valence-corrected chi connectivity index (χ0v) is 12.5. The molecule has 3 nitrogen and oxygen atoms in total. The number of hydrogen-bond acceptors (Lipinski definition) is 2. The summed E-state index contributed by atoms with van der Waals surface area (Å²) in [7, 11) is 1.69. The first kappa shape index (κ1) is 15.0. The molecule has 1 atom stereocenters. The molecule has 1 unspecified atom stereocenters. The van der Waals surface area contributed by atoms with Crippen LogP contribution in [0.25, 0.3) is 0 Å². The molecule has 0 spiro atoms. The molecule has 0 aromatic rings. The molecule has 1 rings (SSSR count). The van der Waals surface area contributed by atoms with Crippen molar-refractivity contribution in [2.75, 3.05) is 20.3 Å². The Kier molecular flexibility index (Phi) is 6.49. The number of rotatable bonds is 7. The molecular weight excluding hydrogens is 282 g/mol. The Labute approximate surface area is 113 Å². The number of amides is 1. The molecule has 100 valence electrons. The lowest BCUT2D eigenvalue weighted by atomic mass is 9.82. The van der Waals surface area contributed by atoms with Crippen LogP contribution >= 0.6 is 15.9 Å². The average Bonchev–Trinajstić information content (AvgIpc) is 2.79. The smallest absolute Gasteiger partial charge is 0.226 e. The van der Waals surface area contributed by atoms with Crippen molar-refractivity contribution < 1.29 is 9.53 Å². The van der Waals surface area contributed by atoms with E-state index in [4.69, 9.17) is 4.74 Å². The van der Waals surface area contributed by atoms with Crippen LogP contribution in [0.5, 0.6) is 0 Å². The summed E-state index contributed by atoms with van der Waals surface area (Å²) in [5.41, 5.74) is -0.0664. The summed E-state index contributed by atoms with van der Waals surface area (Å²) < 4.78 is 5.04. The van der Waals surface area contributed by atoms with Gasteiger partial charge in [0.15, 0.2) is 0 Å². The number of halogens is 1. The standard InChI is InChI=1S/C13H24BrNO2/c1-3-13(7-4-5-8-13)12(16)15-9-6-11(14)10-17-2/h11H,3-10H2,1-2H3,(H,15,16). The highest BCUT2D eigenvalue weighted by Gasteiger charge is 2.38. The molecule has 4 heteroatoms. The minimum Gasteiger partial charge on any atom is -0.384 e. The fourth-order valence-electron chi connectivity index (χ4n) is 2.59. The Morgan fingerprint density at radius 1 is 1.47 bits per heavy atom. The predicted molar refractivity (Wildman–Crippen MR) is 73.4 cm³/mol. The van der Waals surface area contributed by atoms with E-state index in [1.54, 1.807) is 7.11 Å². The van der Waals surface area contributed by atoms with E-state index >= 15 is 0 Å². The molecule has 0 aliphatic heterocycles. The molecule has 1 aliphatic carbocycles. The lowest BCUT2D eigenvalue weighted by Gasteiger charge is -2.26. The molecule has 1 saturated carbocycles. The summed E-state index contributed by atoms with van der Waals surface area (Å²) >= 11 is 3.53. The summed E-state index contributed by atoms with van der Waals surface area (Å²) in [6, 6.07) is 0. The van der Waals surface area contributed by atoms with Gasteiger partial charge in [-0.15, -0.1) is 0 Å². The van der Waals surface area contributed by atoms with Crippen LogP contribution < -0.4 is 5.32 Å². The number of methoxy groups -OCH3 is 1. The summed E-state index contributed by atoms with van der Waals surface area (Å²) in [5, 5.41) is 3.08. The van der Waals surface area contributed by atoms with Crippen molar-refractivity contribution in [1.82, 2.24) is 5.32 Å². The van der Waals surface area contributed by atoms with E-state index in [1.807, 2.05) is 0 Å². The SMILES string of the molecule is CCC1(C(=O)NCCC(Br)COC)CCCC1. The molecule has 0 aromatic heterocycles. The quantitative estimate of drug-likeness (QED) is 0.735. The minimum absolute atomic E-state index is 0.0664. The predicted octanol–water partition coefficient (Wildman–Crippen LogP) is 2.87. The molecular formula is C13H24BrNO2. The maximum atomic E-state index is 12.2. The van der Waals surface area contributed by atoms with E-state index < -0.39 is 0 Å². The van der Waals surface area contributed by atoms with E-state index in [-0.39, 0.29) is 11.3 Å². The van der Waals surface area contributed by atoms with Crippen molar-refractivity contribution in [2.24, 2.45) is 5.41 Å². The molecule has 17 heavy (non-hydrogen) atoms. The van der Waals surface area contributed by atoms with Gasteiger partial charge in [0, 0.05) is 23.9 Å². The van der Waals surface area contributed by atoms with E-state index in [2.05, 4.69) is 28.2 Å². The van der Waals surface area contributed by atoms with Crippen LogP contribution in [0.3, 0.4) is 0 Å². The van der Waals surface area contributed by atoms with Crippen LogP contribution in [0, 0.1) is 5.41 Å². The van der Waals surface area contributed by atoms with Gasteiger partial charge >= 0.3 is 0 Å². The zero-order chi connectivity index (χ0) is 12.7. The average molecular weight is 306 g/mol. The van der Waals surface area contributed by atoms with E-state index in [9.17, 15) is 4.79 Å². The van der Waals surface area contributed by atoms with E-state index in [0.717, 1.165) is 32.2 Å². The molecule has 0 aromatic carbocycles. The first-order valence-electron chi connectivity index (χ1n) is 6.56. The van der Waals surface area contributed by atoms with Gasteiger partial charge in [-0.25, -0.2) is 0 Å². The Balaban J connectivity index is 2.28. The van der Waals surface area contributed by atoms with Crippen LogP contribution in [0.4, 0.5) is 0 Å². The fourth-order valence-corrected chi connectivity index (χ4v) is 3.08. The third kappa shape index (κ3) is 4.25. The second-order valence-corrected chi connectivity index (χ2v) is 6.23. The van der Waals surface area contributed by atoms with Crippen molar-refractivity contribution in [1.29, 1.82) is 0 Å². The second kappa shape index (κ2) is 7.37. The molecule has 0 heterocycles. The van der Waals surface area contributed by atoms with Gasteiger partial charge in [0.25, 0.3) is 0 Å². The summed E-state index contributed by atoms with van der Waals surface area (Å²) in [6.07, 6.45) is 6.41. The number of hydrogen-bond donors (Lipinski definition) is 1. The van der Waals surface area contributed by atoms with Gasteiger partial charge in [0.05, 0.1) is 6.61 Å². The highest BCUT2D eigenvalue weighted by molar-refractivity contribution is 9.09. The number of carbonyl (C=O) groups excluding carboxylic acids is 1. The Morgan fingerprint density at radius 3 is 2.65 bits per heavy atom.